The highest BCUT2D eigenvalue weighted by atomic mass is 16.5. The molecule has 0 aromatic heterocycles. The van der Waals surface area contributed by atoms with Gasteiger partial charge >= 0.3 is 0 Å². The van der Waals surface area contributed by atoms with Crippen molar-refractivity contribution in [2.75, 3.05) is 33.3 Å². The average Bonchev–Trinajstić information content (AvgIpc) is 2.80. The van der Waals surface area contributed by atoms with Crippen molar-refractivity contribution < 1.29 is 33.3 Å². The van der Waals surface area contributed by atoms with E-state index in [1.165, 1.54) is 27.4 Å². The number of nitrogens with one attached hydrogen (secondary N) is 2. The average molecular weight is 459 g/mol. The van der Waals surface area contributed by atoms with E-state index < -0.39 is 23.8 Å². The van der Waals surface area contributed by atoms with E-state index in [0.29, 0.717) is 22.9 Å². The lowest BCUT2D eigenvalue weighted by Crippen LogP contribution is -2.47. The number of benzene rings is 2. The molecule has 2 rings (SSSR count). The van der Waals surface area contributed by atoms with Gasteiger partial charge < -0.3 is 35.3 Å². The van der Waals surface area contributed by atoms with Gasteiger partial charge in [0.1, 0.15) is 17.5 Å². The van der Waals surface area contributed by atoms with Crippen LogP contribution in [-0.4, -0.2) is 51.7 Å². The first-order valence-corrected chi connectivity index (χ1v) is 10.1. The van der Waals surface area contributed by atoms with Gasteiger partial charge in [-0.3, -0.25) is 14.4 Å². The van der Waals surface area contributed by atoms with Crippen LogP contribution in [0.1, 0.15) is 24.2 Å². The van der Waals surface area contributed by atoms with Gasteiger partial charge in [0, 0.05) is 23.4 Å². The van der Waals surface area contributed by atoms with E-state index >= 15 is 0 Å². The van der Waals surface area contributed by atoms with Crippen LogP contribution in [0.25, 0.3) is 0 Å². The van der Waals surface area contributed by atoms with Gasteiger partial charge in [0.25, 0.3) is 11.8 Å². The Morgan fingerprint density at radius 1 is 0.909 bits per heavy atom. The molecule has 1 unspecified atom stereocenters. The van der Waals surface area contributed by atoms with Crippen molar-refractivity contribution in [2.24, 2.45) is 11.7 Å². The van der Waals surface area contributed by atoms with E-state index in [-0.39, 0.29) is 23.8 Å². The van der Waals surface area contributed by atoms with Crippen molar-refractivity contribution in [3.63, 3.8) is 0 Å². The molecule has 0 aliphatic heterocycles. The predicted molar refractivity (Wildman–Crippen MR) is 122 cm³/mol. The van der Waals surface area contributed by atoms with Crippen molar-refractivity contribution >= 4 is 23.4 Å². The topological polar surface area (TPSA) is 138 Å². The van der Waals surface area contributed by atoms with Gasteiger partial charge in [-0.05, 0) is 30.2 Å². The van der Waals surface area contributed by atoms with Gasteiger partial charge in [0.2, 0.25) is 5.91 Å². The van der Waals surface area contributed by atoms with E-state index in [1.54, 1.807) is 30.3 Å². The Kier molecular flexibility index (Phi) is 8.90. The normalized spacial score (nSPS) is 11.3. The smallest absolute Gasteiger partial charge is 0.255 e. The first-order valence-electron chi connectivity index (χ1n) is 10.1. The second-order valence-electron chi connectivity index (χ2n) is 7.41. The molecule has 0 saturated heterocycles. The summed E-state index contributed by atoms with van der Waals surface area (Å²) in [5.74, 6) is -0.245. The van der Waals surface area contributed by atoms with Crippen molar-refractivity contribution in [1.29, 1.82) is 0 Å². The summed E-state index contributed by atoms with van der Waals surface area (Å²) in [6, 6.07) is 8.61. The Morgan fingerprint density at radius 2 is 1.55 bits per heavy atom. The first kappa shape index (κ1) is 25.3. The van der Waals surface area contributed by atoms with Crippen LogP contribution in [0, 0.1) is 5.92 Å². The highest BCUT2D eigenvalue weighted by Crippen LogP contribution is 2.30. The van der Waals surface area contributed by atoms with Crippen molar-refractivity contribution in [3.8, 4) is 23.0 Å². The Balaban J connectivity index is 2.20. The molecule has 178 valence electrons. The number of carbonyl (C=O) groups excluding carboxylic acids is 3. The molecule has 0 heterocycles. The molecule has 33 heavy (non-hydrogen) atoms. The molecule has 4 N–H and O–H groups in total. The van der Waals surface area contributed by atoms with Crippen LogP contribution in [0.2, 0.25) is 0 Å². The first-order chi connectivity index (χ1) is 15.7. The van der Waals surface area contributed by atoms with E-state index in [4.69, 9.17) is 24.7 Å². The summed E-state index contributed by atoms with van der Waals surface area (Å²) in [6.07, 6.45) is 0. The molecule has 2 aromatic rings. The molecule has 3 amide bonds. The maximum Gasteiger partial charge on any atom is 0.255 e. The SMILES string of the molecule is COc1cc(OC)cc(C(=O)NC(C(=O)Nc2ccc(OC)c(OCC(N)=O)c2)C(C)C)c1. The number of nitrogens with two attached hydrogens (primary N) is 1. The lowest BCUT2D eigenvalue weighted by atomic mass is 10.0. The monoisotopic (exact) mass is 459 g/mol. The lowest BCUT2D eigenvalue weighted by molar-refractivity contribution is -0.120. The molecule has 0 aliphatic carbocycles. The van der Waals surface area contributed by atoms with Gasteiger partial charge in [-0.15, -0.1) is 0 Å². The van der Waals surface area contributed by atoms with Gasteiger partial charge in [0.15, 0.2) is 18.1 Å². The fourth-order valence-corrected chi connectivity index (χ4v) is 2.93. The number of carbonyl (C=O) groups is 3. The highest BCUT2D eigenvalue weighted by Gasteiger charge is 2.25. The number of ether oxygens (including phenoxy) is 4. The van der Waals surface area contributed by atoms with Crippen LogP contribution < -0.4 is 35.3 Å². The minimum atomic E-state index is -0.841. The number of methoxy groups -OCH3 is 3. The van der Waals surface area contributed by atoms with Crippen LogP contribution in [0.3, 0.4) is 0 Å². The Hall–Kier alpha value is -3.95. The number of amides is 3. The quantitative estimate of drug-likeness (QED) is 0.467. The minimum Gasteiger partial charge on any atom is -0.497 e. The third kappa shape index (κ3) is 7.03. The predicted octanol–water partition coefficient (Wildman–Crippen LogP) is 1.97. The Morgan fingerprint density at radius 3 is 2.06 bits per heavy atom. The van der Waals surface area contributed by atoms with E-state index in [9.17, 15) is 14.4 Å². The highest BCUT2D eigenvalue weighted by molar-refractivity contribution is 6.01. The second kappa shape index (κ2) is 11.6. The van der Waals surface area contributed by atoms with Crippen LogP contribution in [0.15, 0.2) is 36.4 Å². The molecule has 0 fully saturated rings. The molecule has 10 nitrogen and oxygen atoms in total. The molecule has 0 saturated carbocycles. The molecular formula is C23H29N3O7. The summed E-state index contributed by atoms with van der Waals surface area (Å²) < 4.78 is 20.9. The zero-order chi connectivity index (χ0) is 24.5. The van der Waals surface area contributed by atoms with Crippen LogP contribution in [0.5, 0.6) is 23.0 Å². The molecular weight excluding hydrogens is 430 g/mol. The Labute approximate surface area is 192 Å². The summed E-state index contributed by atoms with van der Waals surface area (Å²) >= 11 is 0. The zero-order valence-electron chi connectivity index (χ0n) is 19.3. The number of anilines is 1. The molecule has 10 heteroatoms. The molecule has 0 bridgehead atoms. The molecule has 0 aliphatic rings. The number of primary amides is 1. The molecule has 1 atom stereocenters. The van der Waals surface area contributed by atoms with Gasteiger partial charge in [-0.25, -0.2) is 0 Å². The van der Waals surface area contributed by atoms with Crippen molar-refractivity contribution in [1.82, 2.24) is 5.32 Å². The number of hydrogen-bond acceptors (Lipinski definition) is 7. The third-order valence-electron chi connectivity index (χ3n) is 4.65. The fourth-order valence-electron chi connectivity index (χ4n) is 2.93. The maximum atomic E-state index is 13.0. The van der Waals surface area contributed by atoms with Gasteiger partial charge in [0.05, 0.1) is 21.3 Å². The minimum absolute atomic E-state index is 0.217. The van der Waals surface area contributed by atoms with Crippen molar-refractivity contribution in [2.45, 2.75) is 19.9 Å². The van der Waals surface area contributed by atoms with Crippen LogP contribution >= 0.6 is 0 Å². The summed E-state index contributed by atoms with van der Waals surface area (Å²) in [5.41, 5.74) is 5.80. The van der Waals surface area contributed by atoms with Gasteiger partial charge in [-0.2, -0.15) is 0 Å². The van der Waals surface area contributed by atoms with Gasteiger partial charge in [-0.1, -0.05) is 13.8 Å². The van der Waals surface area contributed by atoms with E-state index in [1.807, 2.05) is 13.8 Å². The van der Waals surface area contributed by atoms with Crippen LogP contribution in [0.4, 0.5) is 5.69 Å². The summed E-state index contributed by atoms with van der Waals surface area (Å²) in [5, 5.41) is 5.50. The maximum absolute atomic E-state index is 13.0. The number of rotatable bonds is 11. The summed E-state index contributed by atoms with van der Waals surface area (Å²) in [7, 11) is 4.41. The number of hydrogen-bond donors (Lipinski definition) is 3. The zero-order valence-corrected chi connectivity index (χ0v) is 19.3. The fraction of sp³-hybridized carbons (Fsp3) is 0.348. The standard InChI is InChI=1S/C23H29N3O7/c1-13(2)21(26-22(28)14-8-16(30-3)11-17(9-14)31-4)23(29)25-15-6-7-18(32-5)19(10-15)33-12-20(24)27/h6-11,13,21H,12H2,1-5H3,(H2,24,27)(H,25,29)(H,26,28). The molecule has 0 spiro atoms. The third-order valence-corrected chi connectivity index (χ3v) is 4.65. The Bertz CT molecular complexity index is 985. The molecule has 0 radical (unpaired) electrons. The second-order valence-corrected chi connectivity index (χ2v) is 7.41. The largest absolute Gasteiger partial charge is 0.497 e. The van der Waals surface area contributed by atoms with E-state index in [0.717, 1.165) is 0 Å². The summed E-state index contributed by atoms with van der Waals surface area (Å²) in [4.78, 5) is 36.9. The van der Waals surface area contributed by atoms with Crippen molar-refractivity contribution in [3.05, 3.63) is 42.0 Å². The lowest BCUT2D eigenvalue weighted by Gasteiger charge is -2.22. The van der Waals surface area contributed by atoms with E-state index in [2.05, 4.69) is 10.6 Å². The summed E-state index contributed by atoms with van der Waals surface area (Å²) in [6.45, 7) is 3.28. The molecule has 2 aromatic carbocycles. The van der Waals surface area contributed by atoms with Crippen LogP contribution in [-0.2, 0) is 9.59 Å².